The summed E-state index contributed by atoms with van der Waals surface area (Å²) in [6.07, 6.45) is -1.15. The number of hydrogen-bond acceptors (Lipinski definition) is 19. The van der Waals surface area contributed by atoms with Gasteiger partial charge in [-0.3, -0.25) is 24.5 Å². The summed E-state index contributed by atoms with van der Waals surface area (Å²) in [5, 5.41) is 24.2. The molecular weight excluding hydrogens is 1110 g/mol. The number of nitrogens with one attached hydrogen (secondary N) is 5. The van der Waals surface area contributed by atoms with Gasteiger partial charge in [-0.15, -0.1) is 0 Å². The number of carbonyl (C=O) groups is 6. The van der Waals surface area contributed by atoms with E-state index in [1.807, 2.05) is 24.3 Å². The number of alkyl carbamates (subject to hydrolysis) is 1. The molecule has 0 aromatic heterocycles. The highest BCUT2D eigenvalue weighted by atomic mass is 16.7. The second kappa shape index (κ2) is 39.7. The summed E-state index contributed by atoms with van der Waals surface area (Å²) in [4.78, 5) is 85.9. The lowest BCUT2D eigenvalue weighted by atomic mass is 9.98. The fraction of sp³-hybridized carbons (Fsp3) is 0.492. The quantitative estimate of drug-likeness (QED) is 0.0106. The summed E-state index contributed by atoms with van der Waals surface area (Å²) >= 11 is 0. The summed E-state index contributed by atoms with van der Waals surface area (Å²) in [5.74, 6) is -1.88. The first-order valence-electron chi connectivity index (χ1n) is 28.1. The second-order valence-corrected chi connectivity index (χ2v) is 19.3. The number of non-ortho nitro benzene ring substituents is 1. The van der Waals surface area contributed by atoms with E-state index in [9.17, 15) is 38.9 Å². The largest absolute Gasteiger partial charge is 0.514 e. The number of nitrogens with zero attached hydrogens (tertiary/aromatic N) is 1. The molecule has 1 aliphatic rings. The number of nitrogens with two attached hydrogens (primary N) is 1. The van der Waals surface area contributed by atoms with Gasteiger partial charge in [-0.05, 0) is 70.8 Å². The van der Waals surface area contributed by atoms with Crippen LogP contribution in [0.4, 0.5) is 25.8 Å². The van der Waals surface area contributed by atoms with Crippen LogP contribution in [0.3, 0.4) is 0 Å². The van der Waals surface area contributed by atoms with Gasteiger partial charge < -0.3 is 84.4 Å². The van der Waals surface area contributed by atoms with Gasteiger partial charge in [0.05, 0.1) is 111 Å². The van der Waals surface area contributed by atoms with E-state index < -0.39 is 53.0 Å². The summed E-state index contributed by atoms with van der Waals surface area (Å²) in [6, 6.07) is 24.8. The van der Waals surface area contributed by atoms with Crippen LogP contribution in [0.1, 0.15) is 55.7 Å². The lowest BCUT2D eigenvalue weighted by Crippen LogP contribution is -2.54. The number of carbonyl (C=O) groups excluding carboxylic acids is 6. The first-order valence-corrected chi connectivity index (χ1v) is 28.1. The van der Waals surface area contributed by atoms with E-state index in [0.29, 0.717) is 104 Å². The molecule has 4 aromatic rings. The molecule has 26 nitrogen and oxygen atoms in total. The van der Waals surface area contributed by atoms with E-state index in [2.05, 4.69) is 50.8 Å². The smallest absolute Gasteiger partial charge is 0.449 e. The molecule has 0 saturated carbocycles. The van der Waals surface area contributed by atoms with Gasteiger partial charge >= 0.3 is 18.3 Å². The molecule has 85 heavy (non-hydrogen) atoms. The molecule has 0 unspecified atom stereocenters. The highest BCUT2D eigenvalue weighted by Gasteiger charge is 2.30. The Bertz CT molecular complexity index is 2620. The fourth-order valence-corrected chi connectivity index (χ4v) is 8.33. The Kier molecular flexibility index (Phi) is 31.7. The number of primary amides is 1. The molecule has 0 aliphatic heterocycles. The van der Waals surface area contributed by atoms with Crippen molar-refractivity contribution in [2.24, 2.45) is 11.7 Å². The first kappa shape index (κ1) is 68.0. The Balaban J connectivity index is 0.796. The maximum Gasteiger partial charge on any atom is 0.514 e. The highest BCUT2D eigenvalue weighted by Crippen LogP contribution is 2.44. The minimum atomic E-state index is -1.07. The third-order valence-electron chi connectivity index (χ3n) is 12.6. The van der Waals surface area contributed by atoms with Gasteiger partial charge in [0.2, 0.25) is 17.7 Å². The minimum absolute atomic E-state index is 0.00786. The fourth-order valence-electron chi connectivity index (χ4n) is 8.33. The number of anilines is 1. The molecule has 7 N–H and O–H groups in total. The Morgan fingerprint density at radius 1 is 0.576 bits per heavy atom. The second-order valence-electron chi connectivity index (χ2n) is 19.3. The number of fused-ring (bicyclic) bond motifs is 3. The third kappa shape index (κ3) is 26.8. The van der Waals surface area contributed by atoms with E-state index in [0.717, 1.165) is 11.1 Å². The zero-order valence-corrected chi connectivity index (χ0v) is 48.1. The maximum atomic E-state index is 13.6. The van der Waals surface area contributed by atoms with Gasteiger partial charge in [0.1, 0.15) is 31.0 Å². The molecule has 0 spiro atoms. The van der Waals surface area contributed by atoms with Crippen LogP contribution in [0.25, 0.3) is 11.1 Å². The van der Waals surface area contributed by atoms with Crippen LogP contribution >= 0.6 is 0 Å². The van der Waals surface area contributed by atoms with Gasteiger partial charge in [0.25, 0.3) is 5.69 Å². The molecule has 6 amide bonds. The molecular formula is C59H79N7O19. The molecule has 0 heterocycles. The van der Waals surface area contributed by atoms with Crippen molar-refractivity contribution in [1.29, 1.82) is 0 Å². The van der Waals surface area contributed by atoms with Crippen molar-refractivity contribution < 1.29 is 85.8 Å². The van der Waals surface area contributed by atoms with E-state index in [4.69, 9.17) is 57.8 Å². The van der Waals surface area contributed by atoms with Gasteiger partial charge in [-0.1, -0.05) is 74.5 Å². The SMILES string of the molecule is CC(C)[C@H](NC(=O)CCOCCOCCOCCOCCOCCOCCOCCOCCNC(=O)OCC1c2ccccc2-c2ccccc21)C(=O)N[C@@H](CCCNC(N)=O)C(=O)Nc1ccc(COC(=O)Oc2ccc([N+](=O)[O-])cc2)cc1. The van der Waals surface area contributed by atoms with Crippen LogP contribution in [0.15, 0.2) is 97.1 Å². The molecule has 0 radical (unpaired) electrons. The predicted molar refractivity (Wildman–Crippen MR) is 309 cm³/mol. The van der Waals surface area contributed by atoms with E-state index in [1.54, 1.807) is 38.1 Å². The normalized spacial score (nSPS) is 12.3. The van der Waals surface area contributed by atoms with Crippen LogP contribution in [-0.2, 0) is 68.4 Å². The lowest BCUT2D eigenvalue weighted by molar-refractivity contribution is -0.384. The monoisotopic (exact) mass is 1190 g/mol. The Morgan fingerprint density at radius 3 is 1.59 bits per heavy atom. The van der Waals surface area contributed by atoms with Crippen molar-refractivity contribution in [3.05, 3.63) is 124 Å². The van der Waals surface area contributed by atoms with Crippen molar-refractivity contribution in [3.63, 3.8) is 0 Å². The zero-order valence-electron chi connectivity index (χ0n) is 48.1. The van der Waals surface area contributed by atoms with Crippen LogP contribution in [0.2, 0.25) is 0 Å². The number of urea groups is 1. The molecule has 464 valence electrons. The number of benzene rings is 4. The Labute approximate surface area is 493 Å². The number of nitro benzene ring substituents is 1. The van der Waals surface area contributed by atoms with Crippen molar-refractivity contribution >= 4 is 47.4 Å². The van der Waals surface area contributed by atoms with Crippen molar-refractivity contribution in [1.82, 2.24) is 21.3 Å². The maximum absolute atomic E-state index is 13.6. The van der Waals surface area contributed by atoms with Gasteiger partial charge in [0, 0.05) is 43.2 Å². The van der Waals surface area contributed by atoms with Gasteiger partial charge in [-0.25, -0.2) is 14.4 Å². The van der Waals surface area contributed by atoms with Gasteiger partial charge in [-0.2, -0.15) is 0 Å². The van der Waals surface area contributed by atoms with Crippen LogP contribution in [0, 0.1) is 16.0 Å². The van der Waals surface area contributed by atoms with E-state index in [1.165, 1.54) is 35.4 Å². The van der Waals surface area contributed by atoms with Crippen molar-refractivity contribution in [3.8, 4) is 16.9 Å². The standard InChI is InChI=1S/C59H79N7O19/c1-42(2)54(56(69)64-52(12-7-22-61-57(60)70)55(68)63-44-15-13-43(14-16-44)40-84-59(72)85-46-19-17-45(18-20-46)66(73)74)65-53(67)21-24-75-26-28-77-30-32-79-34-36-81-38-39-82-37-35-80-33-31-78-29-27-76-25-23-62-58(71)83-41-51-49-10-5-3-8-47(49)48-9-4-6-11-50(48)51/h3-6,8-11,13-20,42,51-52,54H,7,12,21-41H2,1-2H3,(H,62,71)(H,63,68)(H,64,69)(H,65,67)(H3,60,61,70)/t52-,54-/m0/s1. The minimum Gasteiger partial charge on any atom is -0.449 e. The predicted octanol–water partition coefficient (Wildman–Crippen LogP) is 5.38. The average molecular weight is 1190 g/mol. The Morgan fingerprint density at radius 2 is 1.08 bits per heavy atom. The molecule has 0 fully saturated rings. The summed E-state index contributed by atoms with van der Waals surface area (Å²) in [5.41, 5.74) is 10.6. The Hall–Kier alpha value is -7.82. The van der Waals surface area contributed by atoms with Crippen molar-refractivity contribution in [2.45, 2.75) is 57.7 Å². The van der Waals surface area contributed by atoms with Crippen LogP contribution in [0.5, 0.6) is 5.75 Å². The third-order valence-corrected chi connectivity index (χ3v) is 12.6. The van der Waals surface area contributed by atoms with E-state index >= 15 is 0 Å². The number of nitro groups is 1. The summed E-state index contributed by atoms with van der Waals surface area (Å²) in [7, 11) is 0. The summed E-state index contributed by atoms with van der Waals surface area (Å²) in [6.45, 7) is 9.68. The molecule has 2 atom stereocenters. The number of amides is 6. The molecule has 26 heteroatoms. The molecule has 0 saturated heterocycles. The zero-order chi connectivity index (χ0) is 60.9. The molecule has 5 rings (SSSR count). The highest BCUT2D eigenvalue weighted by molar-refractivity contribution is 5.98. The summed E-state index contributed by atoms with van der Waals surface area (Å²) < 4.78 is 60.0. The van der Waals surface area contributed by atoms with Crippen LogP contribution in [-0.4, -0.2) is 178 Å². The lowest BCUT2D eigenvalue weighted by Gasteiger charge is -2.25. The number of rotatable bonds is 43. The molecule has 4 aromatic carbocycles. The molecule has 0 bridgehead atoms. The average Bonchev–Trinajstić information content (AvgIpc) is 1.88. The topological polar surface area (TPSA) is 333 Å². The number of hydrogen-bond donors (Lipinski definition) is 6. The van der Waals surface area contributed by atoms with E-state index in [-0.39, 0.29) is 82.1 Å². The number of ether oxygens (including phenoxy) is 11. The van der Waals surface area contributed by atoms with Crippen LogP contribution < -0.4 is 37.1 Å². The van der Waals surface area contributed by atoms with Gasteiger partial charge in [0.15, 0.2) is 0 Å². The first-order chi connectivity index (χ1) is 41.3. The van der Waals surface area contributed by atoms with Crippen molar-refractivity contribution in [2.75, 3.05) is 131 Å². The molecule has 1 aliphatic carbocycles.